The summed E-state index contributed by atoms with van der Waals surface area (Å²) in [6, 6.07) is 8.06. The van der Waals surface area contributed by atoms with Crippen molar-refractivity contribution in [3.8, 4) is 0 Å². The quantitative estimate of drug-likeness (QED) is 0.609. The molecule has 0 spiro atoms. The minimum Gasteiger partial charge on any atom is -0.312 e. The summed E-state index contributed by atoms with van der Waals surface area (Å²) in [7, 11) is -3.80. The Labute approximate surface area is 160 Å². The summed E-state index contributed by atoms with van der Waals surface area (Å²) in [6.07, 6.45) is 1.69. The van der Waals surface area contributed by atoms with Crippen molar-refractivity contribution >= 4 is 64.8 Å². The summed E-state index contributed by atoms with van der Waals surface area (Å²) in [5.74, 6) is -0.355. The Bertz CT molecular complexity index is 1160. The van der Waals surface area contributed by atoms with Gasteiger partial charge in [-0.3, -0.25) is 4.79 Å². The van der Waals surface area contributed by atoms with Crippen LogP contribution in [0.25, 0.3) is 10.2 Å². The number of nitrogens with zero attached hydrogens (tertiary/aromatic N) is 2. The van der Waals surface area contributed by atoms with E-state index in [4.69, 9.17) is 5.14 Å². The van der Waals surface area contributed by atoms with Crippen molar-refractivity contribution in [1.29, 1.82) is 0 Å². The van der Waals surface area contributed by atoms with Gasteiger partial charge in [-0.05, 0) is 46.3 Å². The molecule has 1 amide bonds. The van der Waals surface area contributed by atoms with Crippen LogP contribution in [-0.2, 0) is 16.6 Å². The number of fused-ring (bicyclic) bond motifs is 1. The van der Waals surface area contributed by atoms with Gasteiger partial charge in [0.25, 0.3) is 5.91 Å². The number of hydrogen-bond donors (Lipinski definition) is 1. The first kappa shape index (κ1) is 18.2. The molecule has 0 aliphatic heterocycles. The van der Waals surface area contributed by atoms with Gasteiger partial charge in [-0.25, -0.2) is 13.6 Å². The third kappa shape index (κ3) is 3.82. The lowest BCUT2D eigenvalue weighted by molar-refractivity contribution is 0.100. The van der Waals surface area contributed by atoms with Gasteiger partial charge >= 0.3 is 0 Å². The Morgan fingerprint density at radius 1 is 1.32 bits per heavy atom. The Morgan fingerprint density at radius 3 is 2.68 bits per heavy atom. The van der Waals surface area contributed by atoms with Gasteiger partial charge in [-0.2, -0.15) is 4.99 Å². The van der Waals surface area contributed by atoms with Gasteiger partial charge in [0.15, 0.2) is 4.80 Å². The van der Waals surface area contributed by atoms with Gasteiger partial charge < -0.3 is 4.57 Å². The molecule has 130 valence electrons. The van der Waals surface area contributed by atoms with Gasteiger partial charge in [0, 0.05) is 6.54 Å². The Balaban J connectivity index is 2.19. The summed E-state index contributed by atoms with van der Waals surface area (Å²) in [6.45, 7) is 4.16. The van der Waals surface area contributed by atoms with Crippen LogP contribution in [0.5, 0.6) is 0 Å². The number of nitrogens with two attached hydrogens (primary N) is 1. The average molecular weight is 458 g/mol. The summed E-state index contributed by atoms with van der Waals surface area (Å²) < 4.78 is 26.4. The van der Waals surface area contributed by atoms with E-state index in [0.717, 1.165) is 9.30 Å². The van der Waals surface area contributed by atoms with E-state index >= 15 is 0 Å². The van der Waals surface area contributed by atoms with Crippen LogP contribution < -0.4 is 9.94 Å². The fourth-order valence-corrected chi connectivity index (χ4v) is 5.15. The predicted octanol–water partition coefficient (Wildman–Crippen LogP) is 3.10. The summed E-state index contributed by atoms with van der Waals surface area (Å²) in [5, 5.41) is 5.18. The molecule has 1 aromatic carbocycles. The van der Waals surface area contributed by atoms with Crippen LogP contribution in [0.3, 0.4) is 0 Å². The van der Waals surface area contributed by atoms with Crippen LogP contribution in [0.15, 0.2) is 56.7 Å². The number of halogens is 1. The van der Waals surface area contributed by atoms with Crippen molar-refractivity contribution in [3.05, 3.63) is 56.5 Å². The van der Waals surface area contributed by atoms with E-state index in [1.54, 1.807) is 28.8 Å². The Hall–Kier alpha value is -1.59. The molecule has 0 aliphatic rings. The normalized spacial score (nSPS) is 12.6. The zero-order valence-corrected chi connectivity index (χ0v) is 16.7. The van der Waals surface area contributed by atoms with Crippen molar-refractivity contribution < 1.29 is 13.2 Å². The molecule has 0 saturated carbocycles. The number of hydrogen-bond acceptors (Lipinski definition) is 5. The maximum absolute atomic E-state index is 12.4. The smallest absolute Gasteiger partial charge is 0.289 e. The number of thiophene rings is 1. The molecule has 0 saturated heterocycles. The fraction of sp³-hybridized carbons (Fsp3) is 0.0667. The Kier molecular flexibility index (Phi) is 5.07. The molecule has 0 atom stereocenters. The van der Waals surface area contributed by atoms with E-state index < -0.39 is 10.0 Å². The van der Waals surface area contributed by atoms with Crippen molar-refractivity contribution in [2.75, 3.05) is 0 Å². The minimum atomic E-state index is -3.80. The number of allylic oxidation sites excluding steroid dienone is 1. The van der Waals surface area contributed by atoms with Gasteiger partial charge in [0.05, 0.1) is 23.8 Å². The lowest BCUT2D eigenvalue weighted by Gasteiger charge is -2.02. The summed E-state index contributed by atoms with van der Waals surface area (Å²) in [4.78, 5) is 17.6. The number of rotatable bonds is 4. The van der Waals surface area contributed by atoms with E-state index in [-0.39, 0.29) is 10.8 Å². The fourth-order valence-electron chi connectivity index (χ4n) is 2.19. The monoisotopic (exact) mass is 457 g/mol. The van der Waals surface area contributed by atoms with Gasteiger partial charge in [-0.15, -0.1) is 17.9 Å². The molecule has 0 unspecified atom stereocenters. The third-order valence-electron chi connectivity index (χ3n) is 3.28. The molecule has 0 aliphatic carbocycles. The van der Waals surface area contributed by atoms with Crippen LogP contribution >= 0.6 is 38.6 Å². The summed E-state index contributed by atoms with van der Waals surface area (Å²) in [5.41, 5.74) is 0.760. The number of thiazole rings is 1. The highest BCUT2D eigenvalue weighted by atomic mass is 79.9. The van der Waals surface area contributed by atoms with Gasteiger partial charge in [0.2, 0.25) is 10.0 Å². The molecule has 3 rings (SSSR count). The van der Waals surface area contributed by atoms with Crippen LogP contribution in [0, 0.1) is 0 Å². The molecule has 0 bridgehead atoms. The number of amides is 1. The molecule has 0 radical (unpaired) electrons. The first-order valence-electron chi connectivity index (χ1n) is 6.91. The van der Waals surface area contributed by atoms with E-state index in [1.165, 1.54) is 34.8 Å². The second-order valence-corrected chi connectivity index (χ2v) is 10.0. The van der Waals surface area contributed by atoms with Crippen molar-refractivity contribution in [3.63, 3.8) is 0 Å². The van der Waals surface area contributed by atoms with E-state index in [9.17, 15) is 13.2 Å². The Morgan fingerprint density at radius 2 is 2.08 bits per heavy atom. The van der Waals surface area contributed by atoms with Crippen LogP contribution in [-0.4, -0.2) is 18.9 Å². The van der Waals surface area contributed by atoms with E-state index in [2.05, 4.69) is 27.5 Å². The molecule has 2 heterocycles. The zero-order chi connectivity index (χ0) is 18.2. The molecule has 2 aromatic heterocycles. The maximum atomic E-state index is 12.4. The number of carbonyl (C=O) groups excluding carboxylic acids is 1. The number of primary sulfonamides is 1. The maximum Gasteiger partial charge on any atom is 0.289 e. The van der Waals surface area contributed by atoms with Crippen molar-refractivity contribution in [1.82, 2.24) is 4.57 Å². The summed E-state index contributed by atoms with van der Waals surface area (Å²) >= 11 is 5.84. The molecular formula is C15H12BrN3O3S3. The first-order chi connectivity index (χ1) is 11.8. The minimum absolute atomic E-state index is 0.0204. The molecule has 6 nitrogen and oxygen atoms in total. The van der Waals surface area contributed by atoms with Crippen molar-refractivity contribution in [2.45, 2.75) is 11.4 Å². The van der Waals surface area contributed by atoms with E-state index in [1.807, 2.05) is 0 Å². The molecule has 2 N–H and O–H groups in total. The molecule has 3 aromatic rings. The second kappa shape index (κ2) is 6.96. The van der Waals surface area contributed by atoms with E-state index in [0.29, 0.717) is 20.9 Å². The molecule has 0 fully saturated rings. The molecule has 25 heavy (non-hydrogen) atoms. The number of sulfonamides is 1. The van der Waals surface area contributed by atoms with Crippen LogP contribution in [0.1, 0.15) is 9.67 Å². The molecule has 10 heteroatoms. The highest BCUT2D eigenvalue weighted by Crippen LogP contribution is 2.24. The predicted molar refractivity (Wildman–Crippen MR) is 103 cm³/mol. The van der Waals surface area contributed by atoms with Gasteiger partial charge in [0.1, 0.15) is 0 Å². The third-order valence-corrected chi connectivity index (χ3v) is 6.84. The first-order valence-corrected chi connectivity index (χ1v) is 10.9. The van der Waals surface area contributed by atoms with Crippen LogP contribution in [0.2, 0.25) is 0 Å². The number of carbonyl (C=O) groups is 1. The lowest BCUT2D eigenvalue weighted by atomic mass is 10.3. The highest BCUT2D eigenvalue weighted by Gasteiger charge is 2.13. The van der Waals surface area contributed by atoms with Crippen LogP contribution in [0.4, 0.5) is 0 Å². The second-order valence-electron chi connectivity index (χ2n) is 4.98. The highest BCUT2D eigenvalue weighted by molar-refractivity contribution is 9.11. The zero-order valence-electron chi connectivity index (χ0n) is 12.7. The SMILES string of the molecule is C=CCn1/c(=N/C(=O)c2ccc(Br)s2)sc2cc(S(N)(=O)=O)ccc21. The molecular weight excluding hydrogens is 446 g/mol. The standard InChI is InChI=1S/C15H12BrN3O3S3/c1-2-7-19-10-4-3-9(25(17,21)22)8-12(10)24-15(19)18-14(20)11-5-6-13(16)23-11/h2-6,8H,1,7H2,(H2,17,21,22)/b18-15-. The average Bonchev–Trinajstić information content (AvgIpc) is 3.11. The topological polar surface area (TPSA) is 94.5 Å². The van der Waals surface area contributed by atoms with Gasteiger partial charge in [-0.1, -0.05) is 17.4 Å². The number of aromatic nitrogens is 1. The number of benzene rings is 1. The lowest BCUT2D eigenvalue weighted by Crippen LogP contribution is -2.16. The van der Waals surface area contributed by atoms with Crippen molar-refractivity contribution in [2.24, 2.45) is 10.1 Å². The largest absolute Gasteiger partial charge is 0.312 e.